The Hall–Kier alpha value is -3.34. The van der Waals surface area contributed by atoms with Gasteiger partial charge in [-0.05, 0) is 35.4 Å². The van der Waals surface area contributed by atoms with Gasteiger partial charge in [0.05, 0.1) is 13.2 Å². The largest absolute Gasteiger partial charge is 0.497 e. The monoisotopic (exact) mass is 365 g/mol. The van der Waals surface area contributed by atoms with Gasteiger partial charge in [-0.1, -0.05) is 54.6 Å². The lowest BCUT2D eigenvalue weighted by atomic mass is 9.98. The highest BCUT2D eigenvalue weighted by atomic mass is 19.1. The van der Waals surface area contributed by atoms with Gasteiger partial charge in [0, 0.05) is 0 Å². The van der Waals surface area contributed by atoms with Gasteiger partial charge in [0.1, 0.15) is 5.75 Å². The van der Waals surface area contributed by atoms with E-state index in [0.29, 0.717) is 0 Å². The maximum atomic E-state index is 13.6. The first-order chi connectivity index (χ1) is 13.2. The van der Waals surface area contributed by atoms with Crippen molar-refractivity contribution >= 4 is 5.91 Å². The summed E-state index contributed by atoms with van der Waals surface area (Å²) in [5.74, 6) is -0.0591. The third kappa shape index (κ3) is 4.85. The molecule has 0 saturated carbocycles. The molecule has 0 aromatic heterocycles. The van der Waals surface area contributed by atoms with Crippen molar-refractivity contribution in [1.29, 1.82) is 0 Å². The molecule has 0 saturated heterocycles. The zero-order chi connectivity index (χ0) is 19.1. The number of halogens is 1. The van der Waals surface area contributed by atoms with Crippen LogP contribution in [0.25, 0.3) is 0 Å². The second-order valence-electron chi connectivity index (χ2n) is 5.90. The lowest BCUT2D eigenvalue weighted by Gasteiger charge is -2.20. The Balaban J connectivity index is 1.74. The summed E-state index contributed by atoms with van der Waals surface area (Å²) in [6, 6.07) is 22.7. The van der Waals surface area contributed by atoms with Crippen LogP contribution in [0.4, 0.5) is 4.39 Å². The molecule has 1 N–H and O–H groups in total. The molecule has 3 aromatic rings. The summed E-state index contributed by atoms with van der Waals surface area (Å²) >= 11 is 0. The number of carbonyl (C=O) groups excluding carboxylic acids is 1. The van der Waals surface area contributed by atoms with Crippen molar-refractivity contribution in [3.8, 4) is 11.5 Å². The van der Waals surface area contributed by atoms with Crippen LogP contribution < -0.4 is 14.8 Å². The molecule has 0 aliphatic heterocycles. The van der Waals surface area contributed by atoms with Gasteiger partial charge < -0.3 is 14.8 Å². The number of para-hydroxylation sites is 1. The molecule has 1 amide bonds. The van der Waals surface area contributed by atoms with E-state index in [1.807, 2.05) is 54.6 Å². The Morgan fingerprint density at radius 2 is 1.56 bits per heavy atom. The first-order valence-corrected chi connectivity index (χ1v) is 8.53. The number of hydrogen-bond acceptors (Lipinski definition) is 3. The van der Waals surface area contributed by atoms with Gasteiger partial charge in [0.2, 0.25) is 0 Å². The molecule has 0 unspecified atom stereocenters. The summed E-state index contributed by atoms with van der Waals surface area (Å²) in [7, 11) is 1.60. The minimum atomic E-state index is -0.500. The predicted octanol–water partition coefficient (Wildman–Crippen LogP) is 4.12. The summed E-state index contributed by atoms with van der Waals surface area (Å²) in [4.78, 5) is 12.4. The van der Waals surface area contributed by atoms with Gasteiger partial charge in [-0.2, -0.15) is 0 Å². The summed E-state index contributed by atoms with van der Waals surface area (Å²) in [6.07, 6.45) is 0. The van der Waals surface area contributed by atoms with Crippen LogP contribution in [-0.2, 0) is 4.79 Å². The van der Waals surface area contributed by atoms with Gasteiger partial charge in [0.15, 0.2) is 18.2 Å². The predicted molar refractivity (Wildman–Crippen MR) is 101 cm³/mol. The summed E-state index contributed by atoms with van der Waals surface area (Å²) in [6.45, 7) is -0.277. The highest BCUT2D eigenvalue weighted by Gasteiger charge is 2.17. The van der Waals surface area contributed by atoms with E-state index in [1.54, 1.807) is 19.2 Å². The van der Waals surface area contributed by atoms with Crippen molar-refractivity contribution in [2.24, 2.45) is 0 Å². The SMILES string of the molecule is COc1ccc([C@@H](NC(=O)COc2ccccc2F)c2ccccc2)cc1. The number of hydrogen-bond donors (Lipinski definition) is 1. The van der Waals surface area contributed by atoms with Crippen molar-refractivity contribution in [3.05, 3.63) is 95.8 Å². The molecule has 0 bridgehead atoms. The Morgan fingerprint density at radius 1 is 0.926 bits per heavy atom. The maximum Gasteiger partial charge on any atom is 0.258 e. The maximum absolute atomic E-state index is 13.6. The summed E-state index contributed by atoms with van der Waals surface area (Å²) in [5, 5.41) is 2.95. The number of methoxy groups -OCH3 is 1. The molecule has 3 rings (SSSR count). The minimum Gasteiger partial charge on any atom is -0.497 e. The fraction of sp³-hybridized carbons (Fsp3) is 0.136. The fourth-order valence-electron chi connectivity index (χ4n) is 2.71. The number of benzene rings is 3. The van der Waals surface area contributed by atoms with Gasteiger partial charge >= 0.3 is 0 Å². The summed E-state index contributed by atoms with van der Waals surface area (Å²) in [5.41, 5.74) is 1.84. The van der Waals surface area contributed by atoms with Crippen LogP contribution in [0.15, 0.2) is 78.9 Å². The van der Waals surface area contributed by atoms with Gasteiger partial charge in [-0.15, -0.1) is 0 Å². The Kier molecular flexibility index (Phi) is 6.05. The molecule has 4 nitrogen and oxygen atoms in total. The van der Waals surface area contributed by atoms with Crippen molar-refractivity contribution in [2.75, 3.05) is 13.7 Å². The molecule has 5 heteroatoms. The smallest absolute Gasteiger partial charge is 0.258 e. The Morgan fingerprint density at radius 3 is 2.22 bits per heavy atom. The van der Waals surface area contributed by atoms with E-state index in [0.717, 1.165) is 16.9 Å². The normalized spacial score (nSPS) is 11.5. The van der Waals surface area contributed by atoms with Gasteiger partial charge in [-0.25, -0.2) is 4.39 Å². The van der Waals surface area contributed by atoms with Crippen molar-refractivity contribution in [3.63, 3.8) is 0 Å². The zero-order valence-electron chi connectivity index (χ0n) is 14.9. The molecule has 27 heavy (non-hydrogen) atoms. The van der Waals surface area contributed by atoms with Crippen LogP contribution in [0, 0.1) is 5.82 Å². The van der Waals surface area contributed by atoms with E-state index in [9.17, 15) is 9.18 Å². The van der Waals surface area contributed by atoms with Crippen LogP contribution in [-0.4, -0.2) is 19.6 Å². The quantitative estimate of drug-likeness (QED) is 0.685. The van der Waals surface area contributed by atoms with E-state index in [4.69, 9.17) is 9.47 Å². The van der Waals surface area contributed by atoms with Crippen molar-refractivity contribution in [2.45, 2.75) is 6.04 Å². The number of nitrogens with one attached hydrogen (secondary N) is 1. The molecule has 3 aromatic carbocycles. The molecule has 1 atom stereocenters. The zero-order valence-corrected chi connectivity index (χ0v) is 14.9. The van der Waals surface area contributed by atoms with E-state index >= 15 is 0 Å². The first kappa shape index (κ1) is 18.5. The minimum absolute atomic E-state index is 0.0494. The van der Waals surface area contributed by atoms with Gasteiger partial charge in [-0.3, -0.25) is 4.79 Å². The van der Waals surface area contributed by atoms with E-state index < -0.39 is 5.82 Å². The molecule has 0 fully saturated rings. The number of carbonyl (C=O) groups is 1. The first-order valence-electron chi connectivity index (χ1n) is 8.53. The van der Waals surface area contributed by atoms with Crippen LogP contribution in [0.1, 0.15) is 17.2 Å². The highest BCUT2D eigenvalue weighted by molar-refractivity contribution is 5.78. The molecule has 0 aliphatic rings. The standard InChI is InChI=1S/C22H20FNO3/c1-26-18-13-11-17(12-14-18)22(16-7-3-2-4-8-16)24-21(25)15-27-20-10-6-5-9-19(20)23/h2-14,22H,15H2,1H3,(H,24,25)/t22-/m0/s1. The highest BCUT2D eigenvalue weighted by Crippen LogP contribution is 2.24. The molecule has 0 heterocycles. The molecule has 138 valence electrons. The van der Waals surface area contributed by atoms with Crippen LogP contribution >= 0.6 is 0 Å². The Labute approximate surface area is 157 Å². The number of rotatable bonds is 7. The average molecular weight is 365 g/mol. The lowest BCUT2D eigenvalue weighted by molar-refractivity contribution is -0.123. The number of ether oxygens (including phenoxy) is 2. The second-order valence-corrected chi connectivity index (χ2v) is 5.90. The van der Waals surface area contributed by atoms with Gasteiger partial charge in [0.25, 0.3) is 5.91 Å². The van der Waals surface area contributed by atoms with E-state index in [2.05, 4.69) is 5.32 Å². The van der Waals surface area contributed by atoms with E-state index in [-0.39, 0.29) is 24.3 Å². The van der Waals surface area contributed by atoms with Crippen LogP contribution in [0.3, 0.4) is 0 Å². The second kappa shape index (κ2) is 8.85. The van der Waals surface area contributed by atoms with E-state index in [1.165, 1.54) is 12.1 Å². The summed E-state index contributed by atoms with van der Waals surface area (Å²) < 4.78 is 24.1. The third-order valence-electron chi connectivity index (χ3n) is 4.08. The van der Waals surface area contributed by atoms with Crippen LogP contribution in [0.2, 0.25) is 0 Å². The van der Waals surface area contributed by atoms with Crippen LogP contribution in [0.5, 0.6) is 11.5 Å². The molecule has 0 radical (unpaired) electrons. The molecular weight excluding hydrogens is 345 g/mol. The number of amides is 1. The average Bonchev–Trinajstić information content (AvgIpc) is 2.72. The topological polar surface area (TPSA) is 47.6 Å². The molecule has 0 spiro atoms. The lowest BCUT2D eigenvalue weighted by Crippen LogP contribution is -2.33. The Bertz CT molecular complexity index is 882. The third-order valence-corrected chi connectivity index (χ3v) is 4.08. The molecule has 0 aliphatic carbocycles. The van der Waals surface area contributed by atoms with Crippen molar-refractivity contribution in [1.82, 2.24) is 5.32 Å². The fourth-order valence-corrected chi connectivity index (χ4v) is 2.71. The van der Waals surface area contributed by atoms with Crippen molar-refractivity contribution < 1.29 is 18.7 Å². The molecular formula is C22H20FNO3.